The number of benzene rings is 1. The van der Waals surface area contributed by atoms with E-state index in [9.17, 15) is 4.79 Å². The van der Waals surface area contributed by atoms with Crippen molar-refractivity contribution >= 4 is 28.6 Å². The normalized spacial score (nSPS) is 18.3. The van der Waals surface area contributed by atoms with E-state index >= 15 is 0 Å². The largest absolute Gasteiger partial charge is 0.361 e. The summed E-state index contributed by atoms with van der Waals surface area (Å²) in [5.41, 5.74) is 2.58. The topological polar surface area (TPSA) is 79.7 Å². The van der Waals surface area contributed by atoms with Crippen LogP contribution in [-0.2, 0) is 4.79 Å². The van der Waals surface area contributed by atoms with Gasteiger partial charge in [0.2, 0.25) is 11.1 Å². The highest BCUT2D eigenvalue weighted by molar-refractivity contribution is 7.99. The Hall–Kier alpha value is -2.35. The molecule has 8 heteroatoms. The molecule has 0 unspecified atom stereocenters. The standard InChI is InChI=1S/C19H22N6OS/c26-18(12-27-19-21-22-23-25(19)14-5-6-14)24-9-7-13(8-10-24)16-11-20-17-4-2-1-3-15(16)17/h1-4,11,13-14,20H,5-10,12H2. The number of tetrazole rings is 1. The number of nitrogens with one attached hydrogen (secondary N) is 1. The van der Waals surface area contributed by atoms with E-state index < -0.39 is 0 Å². The van der Waals surface area contributed by atoms with E-state index in [4.69, 9.17) is 0 Å². The van der Waals surface area contributed by atoms with Crippen LogP contribution in [0.25, 0.3) is 10.9 Å². The number of rotatable bonds is 5. The molecule has 2 aromatic heterocycles. The first-order valence-electron chi connectivity index (χ1n) is 9.54. The van der Waals surface area contributed by atoms with Crippen molar-refractivity contribution in [3.8, 4) is 0 Å². The van der Waals surface area contributed by atoms with Gasteiger partial charge in [0.25, 0.3) is 0 Å². The number of H-pyrrole nitrogens is 1. The molecule has 140 valence electrons. The molecule has 1 saturated carbocycles. The highest BCUT2D eigenvalue weighted by Gasteiger charge is 2.29. The second-order valence-electron chi connectivity index (χ2n) is 7.37. The molecular weight excluding hydrogens is 360 g/mol. The lowest BCUT2D eigenvalue weighted by atomic mass is 9.89. The van der Waals surface area contributed by atoms with Gasteiger partial charge in [-0.3, -0.25) is 4.79 Å². The van der Waals surface area contributed by atoms with Crippen LogP contribution >= 0.6 is 11.8 Å². The van der Waals surface area contributed by atoms with Gasteiger partial charge in [-0.05, 0) is 53.7 Å². The summed E-state index contributed by atoms with van der Waals surface area (Å²) in [5, 5.41) is 13.9. The predicted molar refractivity (Wildman–Crippen MR) is 104 cm³/mol. The number of nitrogens with zero attached hydrogens (tertiary/aromatic N) is 5. The Morgan fingerprint density at radius 2 is 2.00 bits per heavy atom. The molecule has 27 heavy (non-hydrogen) atoms. The third-order valence-electron chi connectivity index (χ3n) is 5.59. The average molecular weight is 382 g/mol. The second-order valence-corrected chi connectivity index (χ2v) is 8.31. The molecule has 3 aromatic rings. The minimum atomic E-state index is 0.183. The first-order valence-corrected chi connectivity index (χ1v) is 10.5. The summed E-state index contributed by atoms with van der Waals surface area (Å²) < 4.78 is 1.86. The molecule has 2 fully saturated rings. The summed E-state index contributed by atoms with van der Waals surface area (Å²) >= 11 is 1.45. The van der Waals surface area contributed by atoms with Crippen LogP contribution in [0.5, 0.6) is 0 Å². The molecule has 1 aromatic carbocycles. The van der Waals surface area contributed by atoms with Gasteiger partial charge in [-0.2, -0.15) is 0 Å². The summed E-state index contributed by atoms with van der Waals surface area (Å²) in [4.78, 5) is 18.0. The van der Waals surface area contributed by atoms with Gasteiger partial charge in [0.15, 0.2) is 0 Å². The summed E-state index contributed by atoms with van der Waals surface area (Å²) in [7, 11) is 0. The second kappa shape index (κ2) is 6.99. The van der Waals surface area contributed by atoms with E-state index in [-0.39, 0.29) is 5.91 Å². The van der Waals surface area contributed by atoms with Gasteiger partial charge in [0, 0.05) is 30.2 Å². The Kier molecular flexibility index (Phi) is 4.35. The molecule has 1 aliphatic carbocycles. The first kappa shape index (κ1) is 16.8. The van der Waals surface area contributed by atoms with E-state index in [2.05, 4.69) is 51.0 Å². The number of thioether (sulfide) groups is 1. The number of fused-ring (bicyclic) bond motifs is 1. The number of piperidine rings is 1. The molecule has 0 atom stereocenters. The minimum Gasteiger partial charge on any atom is -0.361 e. The van der Waals surface area contributed by atoms with Crippen molar-refractivity contribution in [1.29, 1.82) is 0 Å². The number of hydrogen-bond acceptors (Lipinski definition) is 5. The number of aromatic nitrogens is 5. The number of hydrogen-bond donors (Lipinski definition) is 1. The fraction of sp³-hybridized carbons (Fsp3) is 0.474. The summed E-state index contributed by atoms with van der Waals surface area (Å²) in [6, 6.07) is 8.87. The lowest BCUT2D eigenvalue weighted by Crippen LogP contribution is -2.39. The van der Waals surface area contributed by atoms with Crippen molar-refractivity contribution in [2.24, 2.45) is 0 Å². The Balaban J connectivity index is 1.18. The Labute approximate surface area is 161 Å². The van der Waals surface area contributed by atoms with Crippen LogP contribution in [0, 0.1) is 0 Å². The molecule has 0 spiro atoms. The molecule has 1 aliphatic heterocycles. The first-order chi connectivity index (χ1) is 13.3. The van der Waals surface area contributed by atoms with Crippen LogP contribution in [0.1, 0.15) is 43.2 Å². The smallest absolute Gasteiger partial charge is 0.233 e. The molecule has 1 N–H and O–H groups in total. The fourth-order valence-corrected chi connectivity index (χ4v) is 4.77. The molecule has 2 aliphatic rings. The molecule has 7 nitrogen and oxygen atoms in total. The third-order valence-corrected chi connectivity index (χ3v) is 6.51. The molecule has 1 amide bonds. The summed E-state index contributed by atoms with van der Waals surface area (Å²) in [5.74, 6) is 1.10. The molecule has 3 heterocycles. The van der Waals surface area contributed by atoms with Crippen LogP contribution in [0.2, 0.25) is 0 Å². The number of likely N-dealkylation sites (tertiary alicyclic amines) is 1. The molecule has 1 saturated heterocycles. The molecule has 0 bridgehead atoms. The minimum absolute atomic E-state index is 0.183. The van der Waals surface area contributed by atoms with Crippen molar-refractivity contribution in [1.82, 2.24) is 30.1 Å². The van der Waals surface area contributed by atoms with Crippen molar-refractivity contribution in [2.45, 2.75) is 42.8 Å². The quantitative estimate of drug-likeness (QED) is 0.686. The number of carbonyl (C=O) groups excluding carboxylic acids is 1. The van der Waals surface area contributed by atoms with Gasteiger partial charge in [0.1, 0.15) is 0 Å². The highest BCUT2D eigenvalue weighted by atomic mass is 32.2. The maximum absolute atomic E-state index is 12.6. The van der Waals surface area contributed by atoms with Gasteiger partial charge in [0.05, 0.1) is 11.8 Å². The van der Waals surface area contributed by atoms with Crippen LogP contribution in [0.15, 0.2) is 35.6 Å². The van der Waals surface area contributed by atoms with Crippen LogP contribution in [0.4, 0.5) is 0 Å². The molecule has 0 radical (unpaired) electrons. The van der Waals surface area contributed by atoms with Crippen molar-refractivity contribution in [3.05, 3.63) is 36.0 Å². The number of amides is 1. The van der Waals surface area contributed by atoms with E-state index in [1.54, 1.807) is 0 Å². The van der Waals surface area contributed by atoms with Crippen LogP contribution in [0.3, 0.4) is 0 Å². The predicted octanol–water partition coefficient (Wildman–Crippen LogP) is 2.99. The van der Waals surface area contributed by atoms with Gasteiger partial charge in [-0.15, -0.1) is 5.10 Å². The Bertz CT molecular complexity index is 954. The number of para-hydroxylation sites is 1. The van der Waals surface area contributed by atoms with E-state index in [0.717, 1.165) is 43.9 Å². The molecular formula is C19H22N6OS. The van der Waals surface area contributed by atoms with Crippen molar-refractivity contribution in [3.63, 3.8) is 0 Å². The van der Waals surface area contributed by atoms with Crippen LogP contribution in [-0.4, -0.2) is 54.8 Å². The summed E-state index contributed by atoms with van der Waals surface area (Å²) in [6.07, 6.45) is 6.43. The zero-order valence-corrected chi connectivity index (χ0v) is 15.9. The fourth-order valence-electron chi connectivity index (χ4n) is 3.92. The number of aromatic amines is 1. The summed E-state index contributed by atoms with van der Waals surface area (Å²) in [6.45, 7) is 1.63. The Morgan fingerprint density at radius 3 is 2.81 bits per heavy atom. The zero-order chi connectivity index (χ0) is 18.2. The van der Waals surface area contributed by atoms with Crippen molar-refractivity contribution in [2.75, 3.05) is 18.8 Å². The van der Waals surface area contributed by atoms with Crippen molar-refractivity contribution < 1.29 is 4.79 Å². The maximum Gasteiger partial charge on any atom is 0.233 e. The lowest BCUT2D eigenvalue weighted by Gasteiger charge is -2.32. The zero-order valence-electron chi connectivity index (χ0n) is 15.0. The van der Waals surface area contributed by atoms with Gasteiger partial charge < -0.3 is 9.88 Å². The van der Waals surface area contributed by atoms with Gasteiger partial charge in [-0.1, -0.05) is 30.0 Å². The van der Waals surface area contributed by atoms with E-state index in [1.807, 2.05) is 9.58 Å². The monoisotopic (exact) mass is 382 g/mol. The van der Waals surface area contributed by atoms with E-state index in [1.165, 1.54) is 28.2 Å². The average Bonchev–Trinajstić information content (AvgIpc) is 3.29. The lowest BCUT2D eigenvalue weighted by molar-refractivity contribution is -0.129. The SMILES string of the molecule is O=C(CSc1nnnn1C1CC1)N1CCC(c2c[nH]c3ccccc23)CC1. The highest BCUT2D eigenvalue weighted by Crippen LogP contribution is 2.37. The van der Waals surface area contributed by atoms with Gasteiger partial charge >= 0.3 is 0 Å². The van der Waals surface area contributed by atoms with E-state index in [0.29, 0.717) is 17.7 Å². The van der Waals surface area contributed by atoms with Crippen LogP contribution < -0.4 is 0 Å². The maximum atomic E-state index is 12.6. The third kappa shape index (κ3) is 3.34. The molecule has 5 rings (SSSR count). The Morgan fingerprint density at radius 1 is 1.19 bits per heavy atom. The number of carbonyl (C=O) groups is 1. The van der Waals surface area contributed by atoms with Gasteiger partial charge in [-0.25, -0.2) is 4.68 Å².